The molecule has 3 N–H and O–H groups in total. The monoisotopic (exact) mass is 317 g/mol. The van der Waals surface area contributed by atoms with Crippen LogP contribution in [-0.2, 0) is 0 Å². The Kier molecular flexibility index (Phi) is 3.48. The van der Waals surface area contributed by atoms with Crippen LogP contribution >= 0.6 is 0 Å². The number of nitrogens with one attached hydrogen (secondary N) is 2. The first-order valence-electron chi connectivity index (χ1n) is 7.62. The smallest absolute Gasteiger partial charge is 0.193 e. The predicted molar refractivity (Wildman–Crippen MR) is 92.4 cm³/mol. The zero-order chi connectivity index (χ0) is 16.5. The highest BCUT2D eigenvalue weighted by Crippen LogP contribution is 2.36. The molecule has 0 saturated heterocycles. The number of rotatable bonds is 3. The second-order valence-corrected chi connectivity index (χ2v) is 5.58. The van der Waals surface area contributed by atoms with Crippen molar-refractivity contribution in [2.45, 2.75) is 6.23 Å². The minimum atomic E-state index is -0.827. The Bertz CT molecular complexity index is 915. The molecule has 0 aliphatic carbocycles. The Morgan fingerprint density at radius 3 is 2.71 bits per heavy atom. The minimum Gasteiger partial charge on any atom is -0.369 e. The molecule has 0 radical (unpaired) electrons. The molecule has 1 aromatic heterocycles. The summed E-state index contributed by atoms with van der Waals surface area (Å²) < 4.78 is 0. The first-order chi connectivity index (χ1) is 11.7. The van der Waals surface area contributed by atoms with Crippen molar-refractivity contribution in [2.24, 2.45) is 0 Å². The van der Waals surface area contributed by atoms with E-state index in [1.54, 1.807) is 36.7 Å². The molecule has 118 valence electrons. The number of ketones is 1. The Hall–Kier alpha value is -3.18. The summed E-state index contributed by atoms with van der Waals surface area (Å²) in [5.74, 6) is 0.607. The second kappa shape index (κ2) is 5.79. The average Bonchev–Trinajstić information content (AvgIpc) is 3.23. The molecule has 0 spiro atoms. The van der Waals surface area contributed by atoms with E-state index in [1.807, 2.05) is 30.3 Å². The summed E-state index contributed by atoms with van der Waals surface area (Å²) in [6, 6.07) is 14.5. The lowest BCUT2D eigenvalue weighted by Crippen LogP contribution is -2.12. The molecule has 3 aromatic rings. The third-order valence-electron chi connectivity index (χ3n) is 4.03. The molecule has 2 heterocycles. The number of hydrogen-bond acceptors (Lipinski definition) is 4. The molecule has 0 saturated carbocycles. The van der Waals surface area contributed by atoms with Gasteiger partial charge in [0, 0.05) is 40.3 Å². The lowest BCUT2D eigenvalue weighted by Gasteiger charge is -2.05. The summed E-state index contributed by atoms with van der Waals surface area (Å²) in [6.45, 7) is 0. The molecule has 1 aliphatic heterocycles. The standard InChI is InChI=1S/C19H15N3O2/c23-18(12-4-2-1-3-5-12)13-6-7-16-14(10-13)15(19(24)22-16)11-17-20-8-9-21-17/h1-11,19,22,24H,(H,20,21)/b15-11-. The molecular formula is C19H15N3O2. The fourth-order valence-electron chi connectivity index (χ4n) is 2.84. The number of anilines is 1. The summed E-state index contributed by atoms with van der Waals surface area (Å²) in [5.41, 5.74) is 3.51. The van der Waals surface area contributed by atoms with Crippen LogP contribution in [0.4, 0.5) is 5.69 Å². The summed E-state index contributed by atoms with van der Waals surface area (Å²) >= 11 is 0. The van der Waals surface area contributed by atoms with E-state index in [0.29, 0.717) is 22.5 Å². The highest BCUT2D eigenvalue weighted by atomic mass is 16.3. The van der Waals surface area contributed by atoms with E-state index in [4.69, 9.17) is 0 Å². The molecule has 1 aliphatic rings. The van der Waals surface area contributed by atoms with Crippen LogP contribution in [-0.4, -0.2) is 27.1 Å². The number of hydrogen-bond donors (Lipinski definition) is 3. The molecular weight excluding hydrogens is 302 g/mol. The summed E-state index contributed by atoms with van der Waals surface area (Å²) in [4.78, 5) is 19.8. The first-order valence-corrected chi connectivity index (χ1v) is 7.62. The maximum Gasteiger partial charge on any atom is 0.193 e. The predicted octanol–water partition coefficient (Wildman–Crippen LogP) is 2.93. The van der Waals surface area contributed by atoms with Crippen LogP contribution in [0.5, 0.6) is 0 Å². The normalized spacial score (nSPS) is 17.5. The number of aromatic amines is 1. The van der Waals surface area contributed by atoms with E-state index < -0.39 is 6.23 Å². The van der Waals surface area contributed by atoms with Crippen molar-refractivity contribution in [3.8, 4) is 0 Å². The van der Waals surface area contributed by atoms with Crippen LogP contribution in [0.1, 0.15) is 27.3 Å². The van der Waals surface area contributed by atoms with E-state index in [-0.39, 0.29) is 5.78 Å². The maximum atomic E-state index is 12.6. The van der Waals surface area contributed by atoms with Crippen molar-refractivity contribution in [1.82, 2.24) is 9.97 Å². The number of carbonyl (C=O) groups excluding carboxylic acids is 1. The van der Waals surface area contributed by atoms with Gasteiger partial charge in [-0.25, -0.2) is 4.98 Å². The van der Waals surface area contributed by atoms with Gasteiger partial charge in [-0.05, 0) is 24.3 Å². The Morgan fingerprint density at radius 2 is 1.96 bits per heavy atom. The topological polar surface area (TPSA) is 78.0 Å². The molecule has 5 nitrogen and oxygen atoms in total. The number of nitrogens with zero attached hydrogens (tertiary/aromatic N) is 1. The van der Waals surface area contributed by atoms with Gasteiger partial charge >= 0.3 is 0 Å². The Balaban J connectivity index is 1.75. The van der Waals surface area contributed by atoms with Crippen LogP contribution < -0.4 is 5.32 Å². The Morgan fingerprint density at radius 1 is 1.12 bits per heavy atom. The van der Waals surface area contributed by atoms with Gasteiger partial charge in [0.15, 0.2) is 12.0 Å². The first kappa shape index (κ1) is 14.4. The number of fused-ring (bicyclic) bond motifs is 1. The summed E-state index contributed by atoms with van der Waals surface area (Å²) in [6.07, 6.45) is 4.32. The van der Waals surface area contributed by atoms with Gasteiger partial charge in [0.1, 0.15) is 5.82 Å². The zero-order valence-electron chi connectivity index (χ0n) is 12.7. The SMILES string of the molecule is O=C(c1ccccc1)c1ccc2c(c1)/C(=C/c1ncc[nH]1)C(O)N2. The average molecular weight is 317 g/mol. The van der Waals surface area contributed by atoms with Gasteiger partial charge in [0.25, 0.3) is 0 Å². The second-order valence-electron chi connectivity index (χ2n) is 5.58. The quantitative estimate of drug-likeness (QED) is 0.649. The number of carbonyl (C=O) groups is 1. The van der Waals surface area contributed by atoms with Crippen molar-refractivity contribution in [2.75, 3.05) is 5.32 Å². The fraction of sp³-hybridized carbons (Fsp3) is 0.0526. The third kappa shape index (κ3) is 2.51. The molecule has 1 unspecified atom stereocenters. The highest BCUT2D eigenvalue weighted by molar-refractivity contribution is 6.10. The molecule has 0 amide bonds. The van der Waals surface area contributed by atoms with E-state index in [0.717, 1.165) is 11.3 Å². The zero-order valence-corrected chi connectivity index (χ0v) is 12.7. The number of aromatic nitrogens is 2. The summed E-state index contributed by atoms with van der Waals surface area (Å²) in [5, 5.41) is 13.2. The van der Waals surface area contributed by atoms with Crippen LogP contribution in [0.25, 0.3) is 11.6 Å². The van der Waals surface area contributed by atoms with Gasteiger partial charge < -0.3 is 15.4 Å². The van der Waals surface area contributed by atoms with Crippen LogP contribution in [0.3, 0.4) is 0 Å². The van der Waals surface area contributed by atoms with Gasteiger partial charge in [-0.3, -0.25) is 4.79 Å². The van der Waals surface area contributed by atoms with E-state index in [9.17, 15) is 9.90 Å². The van der Waals surface area contributed by atoms with Crippen molar-refractivity contribution >= 4 is 23.1 Å². The number of H-pyrrole nitrogens is 1. The van der Waals surface area contributed by atoms with E-state index in [1.165, 1.54) is 0 Å². The number of imidazole rings is 1. The molecule has 1 atom stereocenters. The van der Waals surface area contributed by atoms with Crippen LogP contribution in [0.2, 0.25) is 0 Å². The van der Waals surface area contributed by atoms with Gasteiger partial charge in [-0.15, -0.1) is 0 Å². The van der Waals surface area contributed by atoms with E-state index in [2.05, 4.69) is 15.3 Å². The van der Waals surface area contributed by atoms with Crippen molar-refractivity contribution < 1.29 is 9.90 Å². The Labute approximate surface area is 138 Å². The van der Waals surface area contributed by atoms with Crippen LogP contribution in [0.15, 0.2) is 60.9 Å². The van der Waals surface area contributed by atoms with E-state index >= 15 is 0 Å². The minimum absolute atomic E-state index is 0.0443. The van der Waals surface area contributed by atoms with Crippen molar-refractivity contribution in [3.05, 3.63) is 83.4 Å². The lowest BCUT2D eigenvalue weighted by atomic mass is 9.98. The third-order valence-corrected chi connectivity index (χ3v) is 4.03. The molecule has 4 rings (SSSR count). The van der Waals surface area contributed by atoms with Crippen molar-refractivity contribution in [3.63, 3.8) is 0 Å². The van der Waals surface area contributed by atoms with Crippen LogP contribution in [0, 0.1) is 0 Å². The number of aliphatic hydroxyl groups excluding tert-OH is 1. The molecule has 24 heavy (non-hydrogen) atoms. The van der Waals surface area contributed by atoms with Gasteiger partial charge in [0.05, 0.1) is 0 Å². The van der Waals surface area contributed by atoms with Gasteiger partial charge in [0.2, 0.25) is 0 Å². The maximum absolute atomic E-state index is 12.6. The molecule has 0 bridgehead atoms. The number of aliphatic hydroxyl groups is 1. The molecule has 0 fully saturated rings. The highest BCUT2D eigenvalue weighted by Gasteiger charge is 2.25. The summed E-state index contributed by atoms with van der Waals surface area (Å²) in [7, 11) is 0. The number of benzene rings is 2. The fourth-order valence-corrected chi connectivity index (χ4v) is 2.84. The molecule has 5 heteroatoms. The largest absolute Gasteiger partial charge is 0.369 e. The molecule has 2 aromatic carbocycles. The van der Waals surface area contributed by atoms with Crippen molar-refractivity contribution in [1.29, 1.82) is 0 Å². The van der Waals surface area contributed by atoms with Gasteiger partial charge in [-0.1, -0.05) is 30.3 Å². The van der Waals surface area contributed by atoms with Gasteiger partial charge in [-0.2, -0.15) is 0 Å². The lowest BCUT2D eigenvalue weighted by molar-refractivity contribution is 0.103.